The molecule has 38 heavy (non-hydrogen) atoms. The van der Waals surface area contributed by atoms with Crippen LogP contribution in [0.1, 0.15) is 48.8 Å². The molecular formula is C26H25F3N4O4S. The van der Waals surface area contributed by atoms with Gasteiger partial charge in [-0.2, -0.15) is 18.4 Å². The van der Waals surface area contributed by atoms with Crippen LogP contribution in [0, 0.1) is 11.3 Å². The van der Waals surface area contributed by atoms with Gasteiger partial charge in [0, 0.05) is 12.1 Å². The summed E-state index contributed by atoms with van der Waals surface area (Å²) in [5.41, 5.74) is -1.07. The molecule has 0 bridgehead atoms. The van der Waals surface area contributed by atoms with Gasteiger partial charge in [-0.1, -0.05) is 18.7 Å². The van der Waals surface area contributed by atoms with Gasteiger partial charge in [0.25, 0.3) is 5.91 Å². The van der Waals surface area contributed by atoms with E-state index in [0.29, 0.717) is 31.4 Å². The van der Waals surface area contributed by atoms with Crippen LogP contribution in [0.25, 0.3) is 0 Å². The smallest absolute Gasteiger partial charge is 0.313 e. The van der Waals surface area contributed by atoms with Crippen LogP contribution in [0.4, 0.5) is 24.5 Å². The Morgan fingerprint density at radius 1 is 1.16 bits per heavy atom. The van der Waals surface area contributed by atoms with Crippen LogP contribution < -0.4 is 14.5 Å². The zero-order valence-electron chi connectivity index (χ0n) is 20.5. The first-order chi connectivity index (χ1) is 17.8. The fraction of sp³-hybridized carbons (Fsp3) is 0.346. The Hall–Kier alpha value is -3.85. The minimum Gasteiger partial charge on any atom is -0.313 e. The van der Waals surface area contributed by atoms with Crippen LogP contribution in [-0.4, -0.2) is 32.0 Å². The third-order valence-corrected chi connectivity index (χ3v) is 7.37. The van der Waals surface area contributed by atoms with E-state index in [1.54, 1.807) is 23.1 Å². The fourth-order valence-corrected chi connectivity index (χ4v) is 5.42. The van der Waals surface area contributed by atoms with Crippen molar-refractivity contribution in [2.45, 2.75) is 50.2 Å². The highest BCUT2D eigenvalue weighted by molar-refractivity contribution is 7.89. The van der Waals surface area contributed by atoms with Crippen LogP contribution in [0.2, 0.25) is 0 Å². The molecule has 12 heteroatoms. The fourth-order valence-electron chi connectivity index (χ4n) is 4.91. The molecule has 1 N–H and O–H groups in total. The van der Waals surface area contributed by atoms with E-state index in [9.17, 15) is 31.2 Å². The van der Waals surface area contributed by atoms with E-state index in [-0.39, 0.29) is 23.8 Å². The van der Waals surface area contributed by atoms with E-state index in [4.69, 9.17) is 5.26 Å². The number of alkyl halides is 3. The van der Waals surface area contributed by atoms with E-state index in [1.807, 2.05) is 16.9 Å². The molecule has 0 atom stereocenters. The van der Waals surface area contributed by atoms with Crippen LogP contribution >= 0.6 is 0 Å². The van der Waals surface area contributed by atoms with Gasteiger partial charge in [0.2, 0.25) is 15.9 Å². The molecule has 1 saturated heterocycles. The van der Waals surface area contributed by atoms with Gasteiger partial charge in [-0.3, -0.25) is 19.2 Å². The Labute approximate surface area is 218 Å². The lowest BCUT2D eigenvalue weighted by atomic mass is 9.75. The lowest BCUT2D eigenvalue weighted by molar-refractivity contribution is -0.137. The zero-order chi connectivity index (χ0) is 27.9. The summed E-state index contributed by atoms with van der Waals surface area (Å²) in [4.78, 5) is 28.2. The van der Waals surface area contributed by atoms with E-state index in [2.05, 4.69) is 6.58 Å². The van der Waals surface area contributed by atoms with Gasteiger partial charge < -0.3 is 4.90 Å². The number of benzene rings is 2. The van der Waals surface area contributed by atoms with Crippen molar-refractivity contribution in [2.24, 2.45) is 0 Å². The largest absolute Gasteiger partial charge is 0.417 e. The maximum Gasteiger partial charge on any atom is 0.417 e. The SMILES string of the molecule is C=C1N(c2ccc(C#N)c(C(F)(F)F)c2)C(=O)C2(CCC2)N1c1ccc(CCCC(=O)NS(C)(=O)=O)cc1. The molecule has 4 rings (SSSR count). The van der Waals surface area contributed by atoms with Crippen molar-refractivity contribution < 1.29 is 31.2 Å². The summed E-state index contributed by atoms with van der Waals surface area (Å²) in [7, 11) is -3.60. The highest BCUT2D eigenvalue weighted by Gasteiger charge is 2.58. The van der Waals surface area contributed by atoms with Crippen molar-refractivity contribution in [3.05, 3.63) is 71.6 Å². The van der Waals surface area contributed by atoms with Crippen molar-refractivity contribution in [3.63, 3.8) is 0 Å². The second kappa shape index (κ2) is 9.79. The van der Waals surface area contributed by atoms with Crippen molar-refractivity contribution in [1.29, 1.82) is 5.26 Å². The lowest BCUT2D eigenvalue weighted by Gasteiger charge is -2.43. The number of rotatable bonds is 7. The molecule has 1 heterocycles. The number of sulfonamides is 1. The number of nitrogens with one attached hydrogen (secondary N) is 1. The zero-order valence-corrected chi connectivity index (χ0v) is 21.3. The number of nitriles is 1. The molecule has 2 aromatic carbocycles. The number of aryl methyl sites for hydroxylation is 1. The molecular weight excluding hydrogens is 521 g/mol. The Kier molecular flexibility index (Phi) is 7.01. The van der Waals surface area contributed by atoms with Crippen molar-refractivity contribution in [1.82, 2.24) is 4.72 Å². The van der Waals surface area contributed by atoms with E-state index in [0.717, 1.165) is 30.4 Å². The van der Waals surface area contributed by atoms with Gasteiger partial charge >= 0.3 is 6.18 Å². The van der Waals surface area contributed by atoms with Gasteiger partial charge in [-0.15, -0.1) is 0 Å². The predicted molar refractivity (Wildman–Crippen MR) is 134 cm³/mol. The molecule has 0 unspecified atom stereocenters. The molecule has 200 valence electrons. The average Bonchev–Trinajstić information content (AvgIpc) is 3.04. The summed E-state index contributed by atoms with van der Waals surface area (Å²) in [5, 5.41) is 9.11. The van der Waals surface area contributed by atoms with Gasteiger partial charge in [-0.05, 0) is 68.0 Å². The topological polar surface area (TPSA) is 111 Å². The highest BCUT2D eigenvalue weighted by Crippen LogP contribution is 2.50. The van der Waals surface area contributed by atoms with Gasteiger partial charge in [0.05, 0.1) is 29.1 Å². The van der Waals surface area contributed by atoms with E-state index >= 15 is 0 Å². The second-order valence-corrected chi connectivity index (χ2v) is 11.2. The molecule has 1 aliphatic heterocycles. The van der Waals surface area contributed by atoms with Crippen LogP contribution in [-0.2, 0) is 32.2 Å². The van der Waals surface area contributed by atoms with Gasteiger partial charge in [-0.25, -0.2) is 8.42 Å². The molecule has 1 aliphatic carbocycles. The normalized spacial score (nSPS) is 16.9. The molecule has 2 aromatic rings. The summed E-state index contributed by atoms with van der Waals surface area (Å²) in [6.45, 7) is 4.04. The number of amides is 2. The molecule has 1 spiro atoms. The molecule has 2 aliphatic rings. The lowest BCUT2D eigenvalue weighted by Crippen LogP contribution is -2.54. The maximum atomic E-state index is 13.6. The average molecular weight is 547 g/mol. The monoisotopic (exact) mass is 546 g/mol. The first-order valence-corrected chi connectivity index (χ1v) is 13.7. The maximum absolute atomic E-state index is 13.6. The molecule has 8 nitrogen and oxygen atoms in total. The highest BCUT2D eigenvalue weighted by atomic mass is 32.2. The van der Waals surface area contributed by atoms with Crippen LogP contribution in [0.5, 0.6) is 0 Å². The molecule has 1 saturated carbocycles. The van der Waals surface area contributed by atoms with E-state index < -0.39 is 38.8 Å². The van der Waals surface area contributed by atoms with E-state index in [1.165, 1.54) is 11.0 Å². The molecule has 0 aromatic heterocycles. The Morgan fingerprint density at radius 3 is 2.32 bits per heavy atom. The summed E-state index contributed by atoms with van der Waals surface area (Å²) in [6.07, 6.45) is -1.07. The minimum atomic E-state index is -4.76. The Bertz CT molecular complexity index is 1440. The number of anilines is 2. The second-order valence-electron chi connectivity index (χ2n) is 9.43. The third kappa shape index (κ3) is 5.11. The summed E-state index contributed by atoms with van der Waals surface area (Å²) in [5.74, 6) is -0.732. The Morgan fingerprint density at radius 2 is 1.79 bits per heavy atom. The number of carbonyl (C=O) groups is 2. The molecule has 0 radical (unpaired) electrons. The quantitative estimate of drug-likeness (QED) is 0.557. The first kappa shape index (κ1) is 27.2. The summed E-state index contributed by atoms with van der Waals surface area (Å²) in [6, 6.07) is 11.9. The number of hydrogen-bond acceptors (Lipinski definition) is 6. The number of halogens is 3. The molecule has 2 fully saturated rings. The number of nitrogens with zero attached hydrogens (tertiary/aromatic N) is 3. The predicted octanol–water partition coefficient (Wildman–Crippen LogP) is 4.22. The van der Waals surface area contributed by atoms with Gasteiger partial charge in [0.1, 0.15) is 11.4 Å². The van der Waals surface area contributed by atoms with Crippen LogP contribution in [0.3, 0.4) is 0 Å². The first-order valence-electron chi connectivity index (χ1n) is 11.8. The molecule has 2 amide bonds. The third-order valence-electron chi connectivity index (χ3n) is 6.78. The standard InChI is InChI=1S/C26H25F3N4O4S/c1-17-32(21-12-9-19(16-30)22(15-21)26(27,28)29)24(35)25(13-4-14-25)33(17)20-10-7-18(8-11-20)5-3-6-23(34)31-38(2,36)37/h7-12,15H,1,3-6,13-14H2,2H3,(H,31,34). The Balaban J connectivity index is 1.56. The summed E-state index contributed by atoms with van der Waals surface area (Å²) >= 11 is 0. The van der Waals surface area contributed by atoms with Gasteiger partial charge in [0.15, 0.2) is 0 Å². The van der Waals surface area contributed by atoms with Crippen LogP contribution in [0.15, 0.2) is 54.9 Å². The minimum absolute atomic E-state index is 0.0101. The van der Waals surface area contributed by atoms with Crippen molar-refractivity contribution in [3.8, 4) is 6.07 Å². The number of hydrogen-bond donors (Lipinski definition) is 1. The number of carbonyl (C=O) groups excluding carboxylic acids is 2. The van der Waals surface area contributed by atoms with Crippen molar-refractivity contribution >= 4 is 33.2 Å². The van der Waals surface area contributed by atoms with Crippen molar-refractivity contribution in [2.75, 3.05) is 16.1 Å². The summed E-state index contributed by atoms with van der Waals surface area (Å²) < 4.78 is 64.9.